The Balaban J connectivity index is 2.03. The number of Topliss-reactive ketones (excluding diaryl/α,β-unsaturated/α-hetero) is 1. The van der Waals surface area contributed by atoms with Gasteiger partial charge in [-0.25, -0.2) is 9.59 Å². The molecule has 10 heteroatoms. The van der Waals surface area contributed by atoms with E-state index in [1.54, 1.807) is 0 Å². The summed E-state index contributed by atoms with van der Waals surface area (Å²) in [5.41, 5.74) is 0.171. The molecule has 1 aromatic carbocycles. The Labute approximate surface area is 179 Å². The first-order chi connectivity index (χ1) is 14.8. The summed E-state index contributed by atoms with van der Waals surface area (Å²) >= 11 is 0. The molecule has 0 aromatic heterocycles. The van der Waals surface area contributed by atoms with Crippen molar-refractivity contribution in [2.45, 2.75) is 12.8 Å². The molecule has 1 aliphatic rings. The average molecular weight is 433 g/mol. The fourth-order valence-corrected chi connectivity index (χ4v) is 2.96. The Morgan fingerprint density at radius 3 is 2.29 bits per heavy atom. The molecule has 1 heterocycles. The maximum absolute atomic E-state index is 12.6. The Hall–Kier alpha value is -3.40. The summed E-state index contributed by atoms with van der Waals surface area (Å²) in [5.74, 6) is -2.90. The van der Waals surface area contributed by atoms with E-state index < -0.39 is 30.9 Å². The maximum atomic E-state index is 12.6. The third-order valence-corrected chi connectivity index (χ3v) is 4.62. The summed E-state index contributed by atoms with van der Waals surface area (Å²) in [6, 6.07) is 3.99. The number of piperidine rings is 1. The topological polar surface area (TPSA) is 142 Å². The third kappa shape index (κ3) is 8.09. The Kier molecular flexibility index (Phi) is 9.01. The van der Waals surface area contributed by atoms with Gasteiger partial charge in [0.1, 0.15) is 0 Å². The third-order valence-electron chi connectivity index (χ3n) is 4.62. The molecule has 2 rings (SSSR count). The number of nitrogens with zero attached hydrogens (tertiary/aromatic N) is 1. The second kappa shape index (κ2) is 11.7. The van der Waals surface area contributed by atoms with E-state index in [-0.39, 0.29) is 29.5 Å². The monoisotopic (exact) mass is 433 g/mol. The van der Waals surface area contributed by atoms with Crippen LogP contribution in [0, 0.1) is 5.92 Å². The lowest BCUT2D eigenvalue weighted by atomic mass is 9.97. The van der Waals surface area contributed by atoms with Crippen molar-refractivity contribution in [1.82, 2.24) is 10.2 Å². The Morgan fingerprint density at radius 1 is 1.06 bits per heavy atom. The van der Waals surface area contributed by atoms with Crippen molar-refractivity contribution in [2.24, 2.45) is 5.92 Å². The highest BCUT2D eigenvalue weighted by atomic mass is 16.5. The highest BCUT2D eigenvalue weighted by Crippen LogP contribution is 2.29. The SMILES string of the molecule is [11CH3]N(CC(=O)c1ccc(OCC(=O)O)c(OCC(=O)O)c1)C(=O)/C=C/C1CCNCC1. The van der Waals surface area contributed by atoms with Crippen LogP contribution in [0.25, 0.3) is 0 Å². The molecule has 0 aliphatic carbocycles. The highest BCUT2D eigenvalue weighted by molar-refractivity contribution is 6.01. The van der Waals surface area contributed by atoms with Crippen molar-refractivity contribution in [2.75, 3.05) is 39.9 Å². The quantitative estimate of drug-likeness (QED) is 0.341. The van der Waals surface area contributed by atoms with Gasteiger partial charge in [0.05, 0.1) is 6.54 Å². The number of aliphatic carboxylic acids is 2. The van der Waals surface area contributed by atoms with Gasteiger partial charge in [-0.1, -0.05) is 6.08 Å². The molecule has 0 radical (unpaired) electrons. The molecule has 1 amide bonds. The summed E-state index contributed by atoms with van der Waals surface area (Å²) < 4.78 is 10.2. The van der Waals surface area contributed by atoms with Crippen molar-refractivity contribution in [3.63, 3.8) is 0 Å². The normalized spacial score (nSPS) is 14.2. The van der Waals surface area contributed by atoms with E-state index in [0.29, 0.717) is 5.92 Å². The van der Waals surface area contributed by atoms with Crippen LogP contribution in [-0.4, -0.2) is 78.6 Å². The molecule has 0 unspecified atom stereocenters. The van der Waals surface area contributed by atoms with Crippen LogP contribution < -0.4 is 14.8 Å². The number of benzene rings is 1. The second-order valence-electron chi connectivity index (χ2n) is 7.09. The predicted octanol–water partition coefficient (Wildman–Crippen LogP) is 0.810. The van der Waals surface area contributed by atoms with Gasteiger partial charge in [0.15, 0.2) is 30.5 Å². The van der Waals surface area contributed by atoms with Crippen molar-refractivity contribution >= 4 is 23.6 Å². The van der Waals surface area contributed by atoms with Crippen LogP contribution in [-0.2, 0) is 14.4 Å². The van der Waals surface area contributed by atoms with E-state index in [1.807, 2.05) is 6.08 Å². The van der Waals surface area contributed by atoms with Gasteiger partial charge in [-0.15, -0.1) is 0 Å². The fraction of sp³-hybridized carbons (Fsp3) is 0.429. The number of amides is 1. The molecule has 1 aliphatic heterocycles. The van der Waals surface area contributed by atoms with Crippen LogP contribution in [0.3, 0.4) is 0 Å². The van der Waals surface area contributed by atoms with Crippen LogP contribution in [0.5, 0.6) is 11.5 Å². The van der Waals surface area contributed by atoms with Crippen LogP contribution in [0.4, 0.5) is 0 Å². The van der Waals surface area contributed by atoms with Gasteiger partial charge in [0, 0.05) is 12.6 Å². The number of nitrogens with one attached hydrogen (secondary N) is 1. The van der Waals surface area contributed by atoms with Crippen LogP contribution >= 0.6 is 0 Å². The number of hydrogen-bond donors (Lipinski definition) is 3. The summed E-state index contributed by atoms with van der Waals surface area (Å²) in [6.07, 6.45) is 5.27. The summed E-state index contributed by atoms with van der Waals surface area (Å²) in [6.45, 7) is 0.285. The largest absolute Gasteiger partial charge is 0.479 e. The molecule has 168 valence electrons. The van der Waals surface area contributed by atoms with Gasteiger partial charge in [-0.05, 0) is 56.1 Å². The van der Waals surface area contributed by atoms with Gasteiger partial charge >= 0.3 is 11.9 Å². The van der Waals surface area contributed by atoms with E-state index in [0.717, 1.165) is 25.9 Å². The first-order valence-electron chi connectivity index (χ1n) is 9.76. The maximum Gasteiger partial charge on any atom is 0.341 e. The zero-order valence-corrected chi connectivity index (χ0v) is 17.2. The first-order valence-corrected chi connectivity index (χ1v) is 9.76. The minimum absolute atomic E-state index is 0.00506. The molecule has 1 saturated heterocycles. The van der Waals surface area contributed by atoms with Crippen LogP contribution in [0.15, 0.2) is 30.4 Å². The van der Waals surface area contributed by atoms with Crippen LogP contribution in [0.1, 0.15) is 23.2 Å². The van der Waals surface area contributed by atoms with Gasteiger partial charge < -0.3 is 29.9 Å². The zero-order chi connectivity index (χ0) is 22.8. The molecule has 1 aromatic rings. The Bertz CT molecular complexity index is 846. The van der Waals surface area contributed by atoms with Gasteiger partial charge in [0.25, 0.3) is 0 Å². The molecule has 0 atom stereocenters. The number of carboxylic acids is 2. The smallest absolute Gasteiger partial charge is 0.341 e. The van der Waals surface area contributed by atoms with E-state index >= 15 is 0 Å². The molecule has 1 fully saturated rings. The fourth-order valence-electron chi connectivity index (χ4n) is 2.96. The standard InChI is InChI=1S/C21H26N2O8/c1-23(19(25)5-2-14-6-8-22-9-7-14)11-16(24)15-3-4-17(30-12-20(26)27)18(10-15)31-13-21(28)29/h2-5,10,14,22H,6-9,11-13H2,1H3,(H,26,27)(H,28,29)/b5-2+/i1-1. The molecular formula is C21H26N2O8. The minimum Gasteiger partial charge on any atom is -0.479 e. The number of carbonyl (C=O) groups excluding carboxylic acids is 2. The van der Waals surface area contributed by atoms with Crippen molar-refractivity contribution < 1.29 is 38.9 Å². The van der Waals surface area contributed by atoms with Crippen molar-refractivity contribution in [3.05, 3.63) is 35.9 Å². The Morgan fingerprint density at radius 2 is 1.68 bits per heavy atom. The number of carboxylic acid groups (broad SMARTS) is 2. The zero-order valence-electron chi connectivity index (χ0n) is 17.2. The van der Waals surface area contributed by atoms with E-state index in [4.69, 9.17) is 19.7 Å². The van der Waals surface area contributed by atoms with Crippen LogP contribution in [0.2, 0.25) is 0 Å². The molecular weight excluding hydrogens is 407 g/mol. The molecule has 10 nitrogen and oxygen atoms in total. The van der Waals surface area contributed by atoms with Gasteiger partial charge in [0.2, 0.25) is 5.91 Å². The molecule has 31 heavy (non-hydrogen) atoms. The first kappa shape index (κ1) is 23.9. The van der Waals surface area contributed by atoms with E-state index in [9.17, 15) is 19.2 Å². The predicted molar refractivity (Wildman–Crippen MR) is 109 cm³/mol. The molecule has 0 spiro atoms. The molecule has 0 saturated carbocycles. The summed E-state index contributed by atoms with van der Waals surface area (Å²) in [4.78, 5) is 47.7. The van der Waals surface area contributed by atoms with Crippen molar-refractivity contribution in [1.29, 1.82) is 0 Å². The van der Waals surface area contributed by atoms with E-state index in [2.05, 4.69) is 5.32 Å². The molecule has 0 bridgehead atoms. The lowest BCUT2D eigenvalue weighted by Gasteiger charge is -2.20. The number of hydrogen-bond acceptors (Lipinski definition) is 7. The number of ketones is 1. The second-order valence-corrected chi connectivity index (χ2v) is 7.09. The molecule has 3 N–H and O–H groups in total. The summed E-state index contributed by atoms with van der Waals surface area (Å²) in [5, 5.41) is 20.8. The van der Waals surface area contributed by atoms with Gasteiger partial charge in [-0.2, -0.15) is 0 Å². The average Bonchev–Trinajstić information content (AvgIpc) is 2.75. The number of rotatable bonds is 11. The van der Waals surface area contributed by atoms with E-state index in [1.165, 1.54) is 36.2 Å². The lowest BCUT2D eigenvalue weighted by molar-refractivity contribution is -0.140. The van der Waals surface area contributed by atoms with Gasteiger partial charge in [-0.3, -0.25) is 9.59 Å². The highest BCUT2D eigenvalue weighted by Gasteiger charge is 2.17. The van der Waals surface area contributed by atoms with Crippen molar-refractivity contribution in [3.8, 4) is 11.5 Å². The number of likely N-dealkylation sites (N-methyl/N-ethyl adjacent to an activating group) is 1. The lowest BCUT2D eigenvalue weighted by Crippen LogP contribution is -2.31. The summed E-state index contributed by atoms with van der Waals surface area (Å²) in [7, 11) is 1.51. The minimum atomic E-state index is -1.24. The number of allylic oxidation sites excluding steroid dienone is 1. The number of ether oxygens (including phenoxy) is 2. The number of carbonyl (C=O) groups is 4.